The minimum Gasteiger partial charge on any atom is -0.496 e. The van der Waals surface area contributed by atoms with Crippen molar-refractivity contribution >= 4 is 12.1 Å². The molecule has 0 aliphatic carbocycles. The molecule has 0 fully saturated rings. The highest BCUT2D eigenvalue weighted by atomic mass is 19.1. The third kappa shape index (κ3) is 7.07. The molecule has 186 valence electrons. The van der Waals surface area contributed by atoms with Crippen molar-refractivity contribution < 1.29 is 37.3 Å². The van der Waals surface area contributed by atoms with E-state index >= 15 is 0 Å². The maximum atomic E-state index is 13.9. The second-order valence-corrected chi connectivity index (χ2v) is 8.76. The molecule has 0 aliphatic heterocycles. The molecule has 1 amide bonds. The molecule has 0 radical (unpaired) electrons. The van der Waals surface area contributed by atoms with Crippen LogP contribution in [0.2, 0.25) is 0 Å². The molecule has 9 heteroatoms. The van der Waals surface area contributed by atoms with Crippen molar-refractivity contribution in [1.82, 2.24) is 5.32 Å². The van der Waals surface area contributed by atoms with E-state index in [0.717, 1.165) is 0 Å². The number of alkyl carbamates (subject to hydrolysis) is 1. The average Bonchev–Trinajstić information content (AvgIpc) is 2.74. The van der Waals surface area contributed by atoms with E-state index in [4.69, 9.17) is 18.9 Å². The van der Waals surface area contributed by atoms with Gasteiger partial charge in [-0.25, -0.2) is 18.4 Å². The van der Waals surface area contributed by atoms with Crippen LogP contribution >= 0.6 is 0 Å². The lowest BCUT2D eigenvalue weighted by Gasteiger charge is -2.29. The molecule has 2 atom stereocenters. The minimum absolute atomic E-state index is 0.221. The molecule has 0 bridgehead atoms. The lowest BCUT2D eigenvalue weighted by Crippen LogP contribution is -2.43. The Bertz CT molecular complexity index is 967. The van der Waals surface area contributed by atoms with Crippen LogP contribution in [0, 0.1) is 11.6 Å². The summed E-state index contributed by atoms with van der Waals surface area (Å²) in [6.45, 7) is 8.20. The van der Waals surface area contributed by atoms with Crippen molar-refractivity contribution in [2.45, 2.75) is 58.3 Å². The highest BCUT2D eigenvalue weighted by molar-refractivity contribution is 5.81. The second-order valence-electron chi connectivity index (χ2n) is 8.76. The molecule has 2 rings (SSSR count). The zero-order valence-corrected chi connectivity index (χ0v) is 20.4. The van der Waals surface area contributed by atoms with Gasteiger partial charge in [0.2, 0.25) is 0 Å². The van der Waals surface area contributed by atoms with Crippen LogP contribution in [0.4, 0.5) is 13.6 Å². The fraction of sp³-hybridized carbons (Fsp3) is 0.440. The van der Waals surface area contributed by atoms with Gasteiger partial charge in [-0.15, -0.1) is 0 Å². The number of ether oxygens (including phenoxy) is 4. The molecule has 2 aromatic rings. The zero-order valence-electron chi connectivity index (χ0n) is 20.4. The van der Waals surface area contributed by atoms with Gasteiger partial charge in [0, 0.05) is 23.3 Å². The number of esters is 1. The zero-order chi connectivity index (χ0) is 25.6. The standard InChI is InChI=1S/C25H31F2NO6/c1-14(28-24(30)34-25(3,4)5)23(29)33-15(2)22(18-10-8-16(26)12-20(18)31-6)19-11-9-17(27)13-21(19)32-7/h8-15,22H,1-7H3,(H,28,30)/t14-,15-/m0/s1. The molecule has 0 spiro atoms. The summed E-state index contributed by atoms with van der Waals surface area (Å²) in [6, 6.07) is 6.93. The lowest BCUT2D eigenvalue weighted by molar-refractivity contribution is -0.151. The Balaban J connectivity index is 2.38. The van der Waals surface area contributed by atoms with Crippen LogP contribution in [-0.2, 0) is 14.3 Å². The van der Waals surface area contributed by atoms with Crippen molar-refractivity contribution in [2.24, 2.45) is 0 Å². The van der Waals surface area contributed by atoms with Crippen molar-refractivity contribution in [3.63, 3.8) is 0 Å². The Morgan fingerprint density at radius 3 is 1.76 bits per heavy atom. The van der Waals surface area contributed by atoms with Gasteiger partial charge >= 0.3 is 12.1 Å². The molecule has 0 aliphatic rings. The van der Waals surface area contributed by atoms with Gasteiger partial charge in [0.25, 0.3) is 0 Å². The van der Waals surface area contributed by atoms with Crippen molar-refractivity contribution in [3.05, 3.63) is 59.2 Å². The van der Waals surface area contributed by atoms with Gasteiger partial charge < -0.3 is 24.3 Å². The van der Waals surface area contributed by atoms with E-state index in [-0.39, 0.29) is 11.5 Å². The fourth-order valence-corrected chi connectivity index (χ4v) is 3.45. The Morgan fingerprint density at radius 2 is 1.35 bits per heavy atom. The summed E-state index contributed by atoms with van der Waals surface area (Å²) in [7, 11) is 2.78. The van der Waals surface area contributed by atoms with Crippen LogP contribution in [0.1, 0.15) is 51.7 Å². The number of carbonyl (C=O) groups excluding carboxylic acids is 2. The van der Waals surface area contributed by atoms with Crippen LogP contribution in [0.15, 0.2) is 36.4 Å². The number of hydrogen-bond acceptors (Lipinski definition) is 6. The van der Waals surface area contributed by atoms with E-state index in [9.17, 15) is 18.4 Å². The molecule has 0 unspecified atom stereocenters. The van der Waals surface area contributed by atoms with Crippen molar-refractivity contribution in [3.8, 4) is 11.5 Å². The van der Waals surface area contributed by atoms with E-state index in [1.807, 2.05) is 0 Å². The lowest BCUT2D eigenvalue weighted by atomic mass is 9.85. The predicted octanol–water partition coefficient (Wildman–Crippen LogP) is 4.96. The Morgan fingerprint density at radius 1 is 0.882 bits per heavy atom. The van der Waals surface area contributed by atoms with Crippen LogP contribution in [0.5, 0.6) is 11.5 Å². The maximum Gasteiger partial charge on any atom is 0.408 e. The monoisotopic (exact) mass is 479 g/mol. The first-order chi connectivity index (χ1) is 15.9. The normalized spacial score (nSPS) is 13.1. The summed E-state index contributed by atoms with van der Waals surface area (Å²) in [6.07, 6.45) is -1.60. The van der Waals surface area contributed by atoms with Crippen LogP contribution < -0.4 is 14.8 Å². The first-order valence-electron chi connectivity index (χ1n) is 10.7. The third-order valence-corrected chi connectivity index (χ3v) is 4.92. The van der Waals surface area contributed by atoms with Gasteiger partial charge in [0.15, 0.2) is 0 Å². The smallest absolute Gasteiger partial charge is 0.408 e. The summed E-state index contributed by atoms with van der Waals surface area (Å²) in [4.78, 5) is 24.8. The van der Waals surface area contributed by atoms with Crippen LogP contribution in [-0.4, -0.2) is 44.0 Å². The highest BCUT2D eigenvalue weighted by Crippen LogP contribution is 2.40. The first kappa shape index (κ1) is 26.9. The third-order valence-electron chi connectivity index (χ3n) is 4.92. The SMILES string of the molecule is COc1cc(F)ccc1C(c1ccc(F)cc1OC)[C@H](C)OC(=O)[C@H](C)NC(=O)OC(C)(C)C. The quantitative estimate of drug-likeness (QED) is 0.539. The molecule has 0 saturated heterocycles. The summed E-state index contributed by atoms with van der Waals surface area (Å²) >= 11 is 0. The molecule has 0 saturated carbocycles. The van der Waals surface area contributed by atoms with E-state index in [2.05, 4.69) is 5.32 Å². The number of carbonyl (C=O) groups is 2. The summed E-state index contributed by atoms with van der Waals surface area (Å²) < 4.78 is 49.3. The van der Waals surface area contributed by atoms with Gasteiger partial charge in [0.1, 0.15) is 40.9 Å². The largest absolute Gasteiger partial charge is 0.496 e. The minimum atomic E-state index is -1.01. The molecule has 7 nitrogen and oxygen atoms in total. The topological polar surface area (TPSA) is 83.1 Å². The molecular weight excluding hydrogens is 448 g/mol. The number of nitrogens with one attached hydrogen (secondary N) is 1. The molecule has 2 aromatic carbocycles. The Hall–Kier alpha value is -3.36. The Kier molecular flexibility index (Phi) is 8.84. The van der Waals surface area contributed by atoms with E-state index < -0.39 is 47.4 Å². The molecule has 1 N–H and O–H groups in total. The summed E-state index contributed by atoms with van der Waals surface area (Å²) in [5, 5.41) is 2.44. The fourth-order valence-electron chi connectivity index (χ4n) is 3.45. The summed E-state index contributed by atoms with van der Waals surface area (Å²) in [5.74, 6) is -2.00. The van der Waals surface area contributed by atoms with Gasteiger partial charge in [-0.2, -0.15) is 0 Å². The van der Waals surface area contributed by atoms with Crippen molar-refractivity contribution in [1.29, 1.82) is 0 Å². The second kappa shape index (κ2) is 11.2. The van der Waals surface area contributed by atoms with Crippen molar-refractivity contribution in [2.75, 3.05) is 14.2 Å². The molecular formula is C25H31F2NO6. The molecule has 34 heavy (non-hydrogen) atoms. The Labute approximate surface area is 198 Å². The molecule has 0 aromatic heterocycles. The van der Waals surface area contributed by atoms with Crippen LogP contribution in [0.3, 0.4) is 0 Å². The number of benzene rings is 2. The van der Waals surface area contributed by atoms with Crippen LogP contribution in [0.25, 0.3) is 0 Å². The van der Waals surface area contributed by atoms with E-state index in [0.29, 0.717) is 11.1 Å². The number of amides is 1. The number of methoxy groups -OCH3 is 2. The maximum absolute atomic E-state index is 13.9. The average molecular weight is 480 g/mol. The van der Waals surface area contributed by atoms with Gasteiger partial charge in [-0.05, 0) is 46.8 Å². The van der Waals surface area contributed by atoms with Gasteiger partial charge in [-0.3, -0.25) is 0 Å². The van der Waals surface area contributed by atoms with Gasteiger partial charge in [-0.1, -0.05) is 12.1 Å². The molecule has 0 heterocycles. The summed E-state index contributed by atoms with van der Waals surface area (Å²) in [5.41, 5.74) is 0.272. The van der Waals surface area contributed by atoms with Gasteiger partial charge in [0.05, 0.1) is 20.1 Å². The number of halogens is 2. The predicted molar refractivity (Wildman–Crippen MR) is 122 cm³/mol. The number of hydrogen-bond donors (Lipinski definition) is 1. The highest BCUT2D eigenvalue weighted by Gasteiger charge is 2.32. The number of rotatable bonds is 8. The van der Waals surface area contributed by atoms with E-state index in [1.54, 1.807) is 27.7 Å². The van der Waals surface area contributed by atoms with E-state index in [1.165, 1.54) is 57.5 Å². The first-order valence-corrected chi connectivity index (χ1v) is 10.7.